The van der Waals surface area contributed by atoms with Gasteiger partial charge in [-0.15, -0.1) is 0 Å². The van der Waals surface area contributed by atoms with Crippen molar-refractivity contribution in [1.82, 2.24) is 0 Å². The molecule has 0 aliphatic carbocycles. The van der Waals surface area contributed by atoms with Gasteiger partial charge in [0.05, 0.1) is 65.4 Å². The third kappa shape index (κ3) is 15.1. The number of ether oxygens (including phenoxy) is 6. The van der Waals surface area contributed by atoms with E-state index in [1.165, 1.54) is 76.5 Å². The molecule has 0 N–H and O–H groups in total. The van der Waals surface area contributed by atoms with Crippen molar-refractivity contribution >= 4 is 133 Å². The molecular weight excluding hydrogens is 1550 g/mol. The molecule has 0 atom stereocenters. The van der Waals surface area contributed by atoms with E-state index < -0.39 is 0 Å². The van der Waals surface area contributed by atoms with Crippen LogP contribution >= 0.6 is 0 Å². The first kappa shape index (κ1) is 80.2. The molecule has 0 aliphatic rings. The topological polar surface area (TPSA) is 68.3 Å². The number of benzene rings is 20. The first-order chi connectivity index (χ1) is 61.6. The Morgan fingerprint density at radius 2 is 0.286 bits per heavy atom. The maximum Gasteiger partial charge on any atom is 0.119 e. The molecule has 0 fully saturated rings. The first-order valence-corrected chi connectivity index (χ1v) is 42.7. The third-order valence-electron chi connectivity index (χ3n) is 24.7. The van der Waals surface area contributed by atoms with Crippen molar-refractivity contribution in [3.8, 4) is 79.0 Å². The number of anilines is 12. The first-order valence-electron chi connectivity index (χ1n) is 42.7. The van der Waals surface area contributed by atoms with Crippen molar-refractivity contribution in [1.29, 1.82) is 0 Å². The summed E-state index contributed by atoms with van der Waals surface area (Å²) in [7, 11) is 10.3. The monoisotopic (exact) mass is 1640 g/mol. The lowest BCUT2D eigenvalue weighted by molar-refractivity contribution is 0.414. The molecule has 0 aliphatic heterocycles. The van der Waals surface area contributed by atoms with Crippen LogP contribution in [0.3, 0.4) is 0 Å². The molecule has 20 aromatic carbocycles. The number of methoxy groups -OCH3 is 6. The van der Waals surface area contributed by atoms with Gasteiger partial charge in [0.2, 0.25) is 0 Å². The Balaban J connectivity index is 0.000000165. The minimum atomic E-state index is 0.801. The summed E-state index contributed by atoms with van der Waals surface area (Å²) in [6.07, 6.45) is 0. The van der Waals surface area contributed by atoms with Crippen molar-refractivity contribution in [2.24, 2.45) is 0 Å². The maximum atomic E-state index is 5.65. The number of hydrogen-bond acceptors (Lipinski definition) is 10. The van der Waals surface area contributed by atoms with Gasteiger partial charge in [0.15, 0.2) is 0 Å². The van der Waals surface area contributed by atoms with Crippen LogP contribution in [0.15, 0.2) is 364 Å². The molecule has 10 nitrogen and oxygen atoms in total. The van der Waals surface area contributed by atoms with Crippen molar-refractivity contribution < 1.29 is 28.4 Å². The van der Waals surface area contributed by atoms with Crippen LogP contribution in [0.2, 0.25) is 0 Å². The maximum absolute atomic E-state index is 5.65. The minimum Gasteiger partial charge on any atom is -0.497 e. The number of rotatable bonds is 22. The molecule has 616 valence electrons. The average Bonchev–Trinajstić information content (AvgIpc) is 0.707. The molecule has 0 bridgehead atoms. The summed E-state index contributed by atoms with van der Waals surface area (Å²) < 4.78 is 33.9. The smallest absolute Gasteiger partial charge is 0.119 e. The average molecular weight is 1640 g/mol. The second-order valence-corrected chi connectivity index (χ2v) is 32.6. The molecular formula is C116H96N4O6. The third-order valence-corrected chi connectivity index (χ3v) is 24.7. The van der Waals surface area contributed by atoms with Gasteiger partial charge in [-0.1, -0.05) is 203 Å². The summed E-state index contributed by atoms with van der Waals surface area (Å²) in [6, 6.07) is 132. The van der Waals surface area contributed by atoms with Gasteiger partial charge in [-0.2, -0.15) is 0 Å². The lowest BCUT2D eigenvalue weighted by atomic mass is 9.85. The standard InChI is InChI=1S/C58H48N2O4.C58H48N2O2/c1-37-7-15-41(16-8-37)59(43-19-27-47(63-5)28-20-43)55-35-53(39-11-23-45(61-3)24-12-39)49-32-34-52-56(60(42-17-9-38(2)10-18-42)44-21-29-48(64-6)30-22-44)36-54(40-13-25-46(62-4)26-14-40)50-31-33-51(55)57(49)58(50)52;1-37-7-19-43(20-8-37)59(44-21-9-38(2)10-22-44)55-35-53(41-15-27-47(61-5)28-16-41)49-32-34-52-56(60(45-23-11-39(3)12-24-45)46-25-13-40(4)14-26-46)36-54(42-17-29-48(62-6)30-18-42)50-31-33-51(55)57(49)58(50)52/h7-36H,1-6H3;7-36H,1-6H3. The van der Waals surface area contributed by atoms with Gasteiger partial charge in [-0.25, -0.2) is 0 Å². The second kappa shape index (κ2) is 34.1. The van der Waals surface area contributed by atoms with Crippen LogP contribution in [0.5, 0.6) is 34.5 Å². The SMILES string of the molecule is COc1ccc(-c2cc(N(c3ccc(C)cc3)c3ccc(C)cc3)c3ccc4c(-c5ccc(OC)cc5)cc(N(c5ccc(C)cc5)c5ccc(C)cc5)c5ccc2c3c45)cc1.COc1ccc(-c2cc(N(c3ccc(C)cc3)c3ccc(OC)cc3)c3ccc4c(-c5ccc(OC)cc5)cc(N(c5ccc(C)cc5)c5ccc(OC)cc5)c5ccc2c3c45)cc1. The molecule has 10 heteroatoms. The van der Waals surface area contributed by atoms with Crippen LogP contribution < -0.4 is 48.0 Å². The molecule has 0 amide bonds. The Hall–Kier alpha value is -15.5. The van der Waals surface area contributed by atoms with Crippen LogP contribution in [0, 0.1) is 41.5 Å². The van der Waals surface area contributed by atoms with E-state index in [9.17, 15) is 0 Å². The van der Waals surface area contributed by atoms with E-state index in [0.29, 0.717) is 0 Å². The van der Waals surface area contributed by atoms with E-state index in [2.05, 4.69) is 377 Å². The van der Waals surface area contributed by atoms with Crippen LogP contribution in [0.1, 0.15) is 33.4 Å². The zero-order valence-electron chi connectivity index (χ0n) is 72.9. The van der Waals surface area contributed by atoms with E-state index in [0.717, 1.165) is 169 Å². The van der Waals surface area contributed by atoms with Gasteiger partial charge in [0, 0.05) is 88.6 Å². The fourth-order valence-electron chi connectivity index (χ4n) is 18.0. The van der Waals surface area contributed by atoms with E-state index in [1.807, 2.05) is 48.5 Å². The Labute approximate surface area is 736 Å². The van der Waals surface area contributed by atoms with Crippen LogP contribution in [-0.2, 0) is 0 Å². The van der Waals surface area contributed by atoms with Crippen LogP contribution in [-0.4, -0.2) is 42.7 Å². The molecule has 0 saturated carbocycles. The summed E-state index contributed by atoms with van der Waals surface area (Å²) >= 11 is 0. The Bertz CT molecular complexity index is 6780. The van der Waals surface area contributed by atoms with Crippen molar-refractivity contribution in [2.75, 3.05) is 62.3 Å². The van der Waals surface area contributed by atoms with E-state index in [-0.39, 0.29) is 0 Å². The molecule has 0 radical (unpaired) electrons. The molecule has 0 aromatic heterocycles. The summed E-state index contributed by atoms with van der Waals surface area (Å²) in [6.45, 7) is 12.8. The zero-order chi connectivity index (χ0) is 86.4. The Morgan fingerprint density at radius 3 is 0.437 bits per heavy atom. The summed E-state index contributed by atoms with van der Waals surface area (Å²) in [4.78, 5) is 9.60. The molecule has 0 heterocycles. The quantitative estimate of drug-likeness (QED) is 0.0613. The van der Waals surface area contributed by atoms with Gasteiger partial charge in [0.25, 0.3) is 0 Å². The zero-order valence-corrected chi connectivity index (χ0v) is 72.9. The van der Waals surface area contributed by atoms with E-state index in [1.54, 1.807) is 42.7 Å². The number of nitrogens with zero attached hydrogens (tertiary/aromatic N) is 4. The molecule has 20 rings (SSSR count). The lowest BCUT2D eigenvalue weighted by Gasteiger charge is -2.31. The van der Waals surface area contributed by atoms with Crippen molar-refractivity contribution in [3.63, 3.8) is 0 Å². The van der Waals surface area contributed by atoms with Crippen molar-refractivity contribution in [2.45, 2.75) is 41.5 Å². The highest BCUT2D eigenvalue weighted by Gasteiger charge is 2.30. The number of aryl methyl sites for hydroxylation is 6. The van der Waals surface area contributed by atoms with E-state index in [4.69, 9.17) is 28.4 Å². The highest BCUT2D eigenvalue weighted by Crippen LogP contribution is 2.56. The normalized spacial score (nSPS) is 11.3. The highest BCUT2D eigenvalue weighted by molar-refractivity contribution is 6.34. The molecule has 0 saturated heterocycles. The summed E-state index contributed by atoms with van der Waals surface area (Å²) in [5.41, 5.74) is 29.1. The van der Waals surface area contributed by atoms with Gasteiger partial charge in [-0.05, 0) is 302 Å². The Kier molecular flexibility index (Phi) is 21.7. The van der Waals surface area contributed by atoms with Crippen molar-refractivity contribution in [3.05, 3.63) is 397 Å². The predicted octanol–water partition coefficient (Wildman–Crippen LogP) is 31.6. The van der Waals surface area contributed by atoms with Gasteiger partial charge in [0.1, 0.15) is 34.5 Å². The molecule has 126 heavy (non-hydrogen) atoms. The van der Waals surface area contributed by atoms with Gasteiger partial charge >= 0.3 is 0 Å². The number of hydrogen-bond donors (Lipinski definition) is 0. The molecule has 0 unspecified atom stereocenters. The molecule has 20 aromatic rings. The Morgan fingerprint density at radius 1 is 0.151 bits per heavy atom. The fourth-order valence-corrected chi connectivity index (χ4v) is 18.0. The van der Waals surface area contributed by atoms with Crippen LogP contribution in [0.25, 0.3) is 109 Å². The fraction of sp³-hybridized carbons (Fsp3) is 0.103. The minimum absolute atomic E-state index is 0.801. The van der Waals surface area contributed by atoms with E-state index >= 15 is 0 Å². The van der Waals surface area contributed by atoms with Gasteiger partial charge < -0.3 is 48.0 Å². The second-order valence-electron chi connectivity index (χ2n) is 32.6. The largest absolute Gasteiger partial charge is 0.497 e. The summed E-state index contributed by atoms with van der Waals surface area (Å²) in [5.74, 6) is 4.88. The predicted molar refractivity (Wildman–Crippen MR) is 529 cm³/mol. The molecule has 0 spiro atoms. The van der Waals surface area contributed by atoms with Crippen LogP contribution in [0.4, 0.5) is 68.2 Å². The summed E-state index contributed by atoms with van der Waals surface area (Å²) in [5, 5.41) is 14.1. The van der Waals surface area contributed by atoms with Gasteiger partial charge in [-0.3, -0.25) is 0 Å². The highest BCUT2D eigenvalue weighted by atomic mass is 16.5. The lowest BCUT2D eigenvalue weighted by Crippen LogP contribution is -2.12.